The van der Waals surface area contributed by atoms with Crippen molar-refractivity contribution in [2.24, 2.45) is 0 Å². The second-order valence-corrected chi connectivity index (χ2v) is 8.23. The molecule has 2 aromatic carbocycles. The second kappa shape index (κ2) is 9.73. The van der Waals surface area contributed by atoms with Gasteiger partial charge < -0.3 is 14.5 Å². The molecule has 2 heterocycles. The molecule has 2 aromatic heterocycles. The Kier molecular flexibility index (Phi) is 6.58. The first-order valence-corrected chi connectivity index (χ1v) is 10.8. The van der Waals surface area contributed by atoms with E-state index >= 15 is 0 Å². The summed E-state index contributed by atoms with van der Waals surface area (Å²) in [5.41, 5.74) is 3.15. The van der Waals surface area contributed by atoms with Gasteiger partial charge in [0.05, 0.1) is 6.54 Å². The van der Waals surface area contributed by atoms with Crippen molar-refractivity contribution in [2.75, 3.05) is 5.32 Å². The maximum atomic E-state index is 13.0. The summed E-state index contributed by atoms with van der Waals surface area (Å²) >= 11 is 0. The lowest BCUT2D eigenvalue weighted by atomic mass is 10.0. The van der Waals surface area contributed by atoms with Gasteiger partial charge in [0, 0.05) is 12.3 Å². The molecule has 0 aliphatic rings. The molecule has 0 aliphatic carbocycles. The molecule has 7 heteroatoms. The Labute approximate surface area is 192 Å². The van der Waals surface area contributed by atoms with Crippen LogP contribution in [0.15, 0.2) is 71.3 Å². The van der Waals surface area contributed by atoms with Gasteiger partial charge in [0.1, 0.15) is 23.9 Å². The number of hydrogen-bond acceptors (Lipinski definition) is 4. The number of carbonyl (C=O) groups is 1. The van der Waals surface area contributed by atoms with Gasteiger partial charge in [0.2, 0.25) is 0 Å². The molecule has 4 aromatic rings. The second-order valence-electron chi connectivity index (χ2n) is 8.23. The van der Waals surface area contributed by atoms with Gasteiger partial charge >= 0.3 is 0 Å². The van der Waals surface area contributed by atoms with Gasteiger partial charge in [-0.15, -0.1) is 0 Å². The van der Waals surface area contributed by atoms with Gasteiger partial charge in [-0.25, -0.2) is 4.39 Å². The van der Waals surface area contributed by atoms with E-state index < -0.39 is 5.91 Å². The van der Waals surface area contributed by atoms with E-state index in [1.165, 1.54) is 12.1 Å². The third kappa shape index (κ3) is 5.68. The summed E-state index contributed by atoms with van der Waals surface area (Å²) in [5, 5.41) is 7.06. The van der Waals surface area contributed by atoms with Crippen molar-refractivity contribution in [3.63, 3.8) is 0 Å². The molecule has 1 amide bonds. The molecule has 0 unspecified atom stereocenters. The molecule has 170 valence electrons. The minimum atomic E-state index is -0.397. The number of amides is 1. The fraction of sp³-hybridized carbons (Fsp3) is 0.231. The maximum Gasteiger partial charge on any atom is 0.292 e. The number of aryl methyl sites for hydroxylation is 1. The van der Waals surface area contributed by atoms with E-state index in [0.717, 1.165) is 22.4 Å². The number of furan rings is 1. The summed E-state index contributed by atoms with van der Waals surface area (Å²) in [4.78, 5) is 12.6. The number of carbonyl (C=O) groups excluding carboxylic acids is 1. The number of hydrogen-bond donors (Lipinski definition) is 1. The first-order valence-electron chi connectivity index (χ1n) is 10.8. The Bertz CT molecular complexity index is 1240. The zero-order chi connectivity index (χ0) is 23.4. The standard InChI is InChI=1S/C26H26FN3O3/c1-17(2)22-10-4-18(3)14-24(22)32-16-21-9-11-23(33-21)26(31)28-25-12-13-30(29-25)15-19-5-7-20(27)8-6-19/h4-14,17H,15-16H2,1-3H3,(H,28,29,31). The summed E-state index contributed by atoms with van der Waals surface area (Å²) in [6, 6.07) is 17.4. The van der Waals surface area contributed by atoms with Crippen LogP contribution in [0.4, 0.5) is 10.2 Å². The number of nitrogens with zero attached hydrogens (tertiary/aromatic N) is 2. The number of halogens is 1. The summed E-state index contributed by atoms with van der Waals surface area (Å²) in [6.07, 6.45) is 1.74. The molecule has 0 radical (unpaired) electrons. The Balaban J connectivity index is 1.35. The zero-order valence-electron chi connectivity index (χ0n) is 18.8. The van der Waals surface area contributed by atoms with Crippen LogP contribution in [-0.2, 0) is 13.2 Å². The van der Waals surface area contributed by atoms with Gasteiger partial charge in [-0.1, -0.05) is 38.1 Å². The van der Waals surface area contributed by atoms with E-state index in [0.29, 0.717) is 24.0 Å². The van der Waals surface area contributed by atoms with E-state index in [1.54, 1.807) is 41.2 Å². The van der Waals surface area contributed by atoms with Gasteiger partial charge in [0.25, 0.3) is 5.91 Å². The molecule has 0 fully saturated rings. The SMILES string of the molecule is Cc1ccc(C(C)C)c(OCc2ccc(C(=O)Nc3ccn(Cc4ccc(F)cc4)n3)o2)c1. The van der Waals surface area contributed by atoms with Gasteiger partial charge in [-0.3, -0.25) is 9.48 Å². The number of benzene rings is 2. The molecular formula is C26H26FN3O3. The lowest BCUT2D eigenvalue weighted by Gasteiger charge is -2.14. The maximum absolute atomic E-state index is 13.0. The van der Waals surface area contributed by atoms with Crippen molar-refractivity contribution < 1.29 is 18.3 Å². The Morgan fingerprint density at radius 1 is 1.12 bits per heavy atom. The van der Waals surface area contributed by atoms with Crippen LogP contribution >= 0.6 is 0 Å². The first-order chi connectivity index (χ1) is 15.9. The Morgan fingerprint density at radius 3 is 2.67 bits per heavy atom. The van der Waals surface area contributed by atoms with Crippen molar-refractivity contribution in [2.45, 2.75) is 39.8 Å². The van der Waals surface area contributed by atoms with Crippen LogP contribution in [0.1, 0.15) is 52.8 Å². The van der Waals surface area contributed by atoms with Crippen LogP contribution in [0.25, 0.3) is 0 Å². The van der Waals surface area contributed by atoms with Crippen molar-refractivity contribution in [3.8, 4) is 5.75 Å². The number of rotatable bonds is 8. The van der Waals surface area contributed by atoms with E-state index in [9.17, 15) is 9.18 Å². The molecule has 6 nitrogen and oxygen atoms in total. The molecule has 0 spiro atoms. The Morgan fingerprint density at radius 2 is 1.91 bits per heavy atom. The summed E-state index contributed by atoms with van der Waals surface area (Å²) in [6.45, 7) is 6.95. The predicted molar refractivity (Wildman–Crippen MR) is 124 cm³/mol. The van der Waals surface area contributed by atoms with Crippen molar-refractivity contribution in [1.29, 1.82) is 0 Å². The molecule has 0 saturated heterocycles. The first kappa shape index (κ1) is 22.3. The fourth-order valence-electron chi connectivity index (χ4n) is 3.44. The van der Waals surface area contributed by atoms with Crippen LogP contribution in [-0.4, -0.2) is 15.7 Å². The number of nitrogens with one attached hydrogen (secondary N) is 1. The molecule has 1 N–H and O–H groups in total. The minimum Gasteiger partial charge on any atom is -0.485 e. The monoisotopic (exact) mass is 447 g/mol. The van der Waals surface area contributed by atoms with Crippen molar-refractivity contribution in [3.05, 3.63) is 101 Å². The van der Waals surface area contributed by atoms with Gasteiger partial charge in [-0.2, -0.15) is 5.10 Å². The Hall–Kier alpha value is -3.87. The third-order valence-corrected chi connectivity index (χ3v) is 5.19. The highest BCUT2D eigenvalue weighted by Crippen LogP contribution is 2.28. The smallest absolute Gasteiger partial charge is 0.292 e. The fourth-order valence-corrected chi connectivity index (χ4v) is 3.44. The average molecular weight is 448 g/mol. The highest BCUT2D eigenvalue weighted by Gasteiger charge is 2.14. The van der Waals surface area contributed by atoms with Crippen molar-refractivity contribution >= 4 is 11.7 Å². The molecule has 0 atom stereocenters. The van der Waals surface area contributed by atoms with Crippen LogP contribution < -0.4 is 10.1 Å². The number of aromatic nitrogens is 2. The van der Waals surface area contributed by atoms with E-state index in [4.69, 9.17) is 9.15 Å². The molecule has 0 saturated carbocycles. The van der Waals surface area contributed by atoms with Gasteiger partial charge in [0.15, 0.2) is 11.6 Å². The van der Waals surface area contributed by atoms with E-state index in [2.05, 4.69) is 36.4 Å². The van der Waals surface area contributed by atoms with Gasteiger partial charge in [-0.05, 0) is 59.9 Å². The minimum absolute atomic E-state index is 0.176. The molecule has 0 aliphatic heterocycles. The highest BCUT2D eigenvalue weighted by molar-refractivity contribution is 6.01. The van der Waals surface area contributed by atoms with Crippen LogP contribution in [0.2, 0.25) is 0 Å². The highest BCUT2D eigenvalue weighted by atomic mass is 19.1. The van der Waals surface area contributed by atoms with Crippen LogP contribution in [0.3, 0.4) is 0 Å². The van der Waals surface area contributed by atoms with E-state index in [-0.39, 0.29) is 18.2 Å². The summed E-state index contributed by atoms with van der Waals surface area (Å²) in [7, 11) is 0. The third-order valence-electron chi connectivity index (χ3n) is 5.19. The average Bonchev–Trinajstić information content (AvgIpc) is 3.43. The summed E-state index contributed by atoms with van der Waals surface area (Å²) < 4.78 is 26.4. The van der Waals surface area contributed by atoms with Crippen LogP contribution in [0, 0.1) is 12.7 Å². The molecule has 4 rings (SSSR count). The quantitative estimate of drug-likeness (QED) is 0.364. The van der Waals surface area contributed by atoms with Crippen molar-refractivity contribution in [1.82, 2.24) is 9.78 Å². The molecule has 0 bridgehead atoms. The zero-order valence-corrected chi connectivity index (χ0v) is 18.8. The lowest BCUT2D eigenvalue weighted by molar-refractivity contribution is 0.0992. The topological polar surface area (TPSA) is 69.3 Å². The normalized spacial score (nSPS) is 11.1. The molecule has 33 heavy (non-hydrogen) atoms. The predicted octanol–water partition coefficient (Wildman–Crippen LogP) is 5.93. The number of ether oxygens (including phenoxy) is 1. The largest absolute Gasteiger partial charge is 0.485 e. The molecular weight excluding hydrogens is 421 g/mol. The van der Waals surface area contributed by atoms with E-state index in [1.807, 2.05) is 13.0 Å². The number of anilines is 1. The summed E-state index contributed by atoms with van der Waals surface area (Å²) in [5.74, 6) is 1.60. The van der Waals surface area contributed by atoms with Crippen LogP contribution in [0.5, 0.6) is 5.75 Å². The lowest BCUT2D eigenvalue weighted by Crippen LogP contribution is -2.12.